The van der Waals surface area contributed by atoms with Crippen molar-refractivity contribution in [1.82, 2.24) is 0 Å². The highest BCUT2D eigenvalue weighted by Gasteiger charge is 2.19. The van der Waals surface area contributed by atoms with Crippen molar-refractivity contribution in [3.05, 3.63) is 0 Å². The number of rotatable bonds is 25. The van der Waals surface area contributed by atoms with E-state index in [9.17, 15) is 14.7 Å². The maximum Gasteiger partial charge on any atom is 0.303 e. The van der Waals surface area contributed by atoms with Gasteiger partial charge in [-0.1, -0.05) is 90.9 Å². The van der Waals surface area contributed by atoms with Gasteiger partial charge in [0.2, 0.25) is 0 Å². The molecule has 0 bridgehead atoms. The van der Waals surface area contributed by atoms with Gasteiger partial charge >= 0.3 is 11.9 Å². The zero-order chi connectivity index (χ0) is 26.6. The van der Waals surface area contributed by atoms with Gasteiger partial charge < -0.3 is 19.8 Å². The van der Waals surface area contributed by atoms with E-state index in [1.165, 1.54) is 116 Å². The van der Waals surface area contributed by atoms with E-state index in [1.54, 1.807) is 0 Å². The number of hydrogen-bond acceptors (Lipinski definition) is 3. The molecule has 0 rings (SSSR count). The number of carboxylic acids is 2. The summed E-state index contributed by atoms with van der Waals surface area (Å²) in [5.41, 5.74) is 0. The zero-order valence-electron chi connectivity index (χ0n) is 23.6. The molecule has 0 heterocycles. The van der Waals surface area contributed by atoms with Crippen LogP contribution in [0.5, 0.6) is 0 Å². The minimum atomic E-state index is -0.870. The molecule has 0 aliphatic rings. The molecule has 0 radical (unpaired) electrons. The number of carbonyl (C=O) groups is 2. The molecule has 6 nitrogen and oxygen atoms in total. The van der Waals surface area contributed by atoms with Gasteiger partial charge in [0.1, 0.15) is 6.54 Å². The van der Waals surface area contributed by atoms with Crippen molar-refractivity contribution in [2.24, 2.45) is 0 Å². The summed E-state index contributed by atoms with van der Waals surface area (Å²) >= 11 is 0. The summed E-state index contributed by atoms with van der Waals surface area (Å²) in [5.74, 6) is -1.74. The van der Waals surface area contributed by atoms with E-state index in [4.69, 9.17) is 10.2 Å². The third-order valence-corrected chi connectivity index (χ3v) is 6.77. The third-order valence-electron chi connectivity index (χ3n) is 6.77. The van der Waals surface area contributed by atoms with Crippen LogP contribution in [0.15, 0.2) is 0 Å². The fourth-order valence-corrected chi connectivity index (χ4v) is 4.38. The maximum atomic E-state index is 9.90. The third kappa shape index (κ3) is 30.8. The number of aliphatic hydroxyl groups is 1. The summed E-state index contributed by atoms with van der Waals surface area (Å²) in [7, 11) is 2.36. The van der Waals surface area contributed by atoms with Crippen LogP contribution in [0.1, 0.15) is 142 Å². The average Bonchev–Trinajstić information content (AvgIpc) is 2.81. The highest BCUT2D eigenvalue weighted by Crippen LogP contribution is 2.14. The van der Waals surface area contributed by atoms with Crippen LogP contribution in [0.3, 0.4) is 0 Å². The number of unbranched alkanes of at least 4 members (excludes halogenated alkanes) is 15. The van der Waals surface area contributed by atoms with E-state index in [2.05, 4.69) is 20.9 Å². The van der Waals surface area contributed by atoms with Crippen molar-refractivity contribution in [2.45, 2.75) is 142 Å². The number of likely N-dealkylation sites (N-methyl/N-ethyl adjacent to an activating group) is 1. The van der Waals surface area contributed by atoms with Crippen LogP contribution < -0.4 is 0 Å². The van der Waals surface area contributed by atoms with Crippen LogP contribution in [0.25, 0.3) is 0 Å². The summed E-state index contributed by atoms with van der Waals surface area (Å²) in [5, 5.41) is 25.7. The molecule has 0 saturated carbocycles. The van der Waals surface area contributed by atoms with Crippen molar-refractivity contribution < 1.29 is 29.4 Å². The summed E-state index contributed by atoms with van der Waals surface area (Å²) in [6.45, 7) is 8.36. The van der Waals surface area contributed by atoms with Gasteiger partial charge in [0.05, 0.1) is 26.7 Å². The van der Waals surface area contributed by atoms with Gasteiger partial charge in [0, 0.05) is 12.8 Å². The van der Waals surface area contributed by atoms with Crippen LogP contribution in [0.2, 0.25) is 0 Å². The van der Waals surface area contributed by atoms with Gasteiger partial charge in [-0.05, 0) is 38.5 Å². The zero-order valence-corrected chi connectivity index (χ0v) is 23.6. The lowest BCUT2D eigenvalue weighted by Crippen LogP contribution is -2.47. The van der Waals surface area contributed by atoms with Crippen molar-refractivity contribution in [3.63, 3.8) is 0 Å². The highest BCUT2D eigenvalue weighted by atomic mass is 16.4. The standard InChI is InChI=1S/C23H50NO.C6H10O4/c1-4-6-8-10-12-14-16-18-20-24(3,22-23-25)21-19-17-15-13-11-9-7-5-2;7-5(8)3-1-2-4-6(9)10/h25H,4-23H2,1-3H3;1-4H2,(H,7,8)(H,9,10)/q+1;. The van der Waals surface area contributed by atoms with Crippen LogP contribution >= 0.6 is 0 Å². The molecular formula is C29H60NO5+. The minimum absolute atomic E-state index is 0.0628. The number of aliphatic hydroxyl groups excluding tert-OH is 1. The lowest BCUT2D eigenvalue weighted by atomic mass is 10.1. The second kappa shape index (κ2) is 27.4. The fraction of sp³-hybridized carbons (Fsp3) is 0.931. The predicted octanol–water partition coefficient (Wildman–Crippen LogP) is 7.42. The first kappa shape index (κ1) is 36.0. The molecule has 0 aromatic carbocycles. The van der Waals surface area contributed by atoms with Gasteiger partial charge in [-0.15, -0.1) is 0 Å². The Morgan fingerprint density at radius 3 is 1.11 bits per heavy atom. The van der Waals surface area contributed by atoms with Crippen molar-refractivity contribution in [3.8, 4) is 0 Å². The monoisotopic (exact) mass is 502 g/mol. The lowest BCUT2D eigenvalue weighted by Gasteiger charge is -2.34. The average molecular weight is 503 g/mol. The van der Waals surface area contributed by atoms with Crippen LogP contribution in [0, 0.1) is 0 Å². The minimum Gasteiger partial charge on any atom is -0.481 e. The first-order valence-electron chi connectivity index (χ1n) is 14.7. The van der Waals surface area contributed by atoms with Crippen LogP contribution in [0.4, 0.5) is 0 Å². The van der Waals surface area contributed by atoms with E-state index >= 15 is 0 Å². The lowest BCUT2D eigenvalue weighted by molar-refractivity contribution is -0.910. The van der Waals surface area contributed by atoms with E-state index in [0.717, 1.165) is 11.0 Å². The molecule has 3 N–H and O–H groups in total. The van der Waals surface area contributed by atoms with E-state index in [0.29, 0.717) is 19.4 Å². The molecule has 0 aromatic heterocycles. The number of hydrogen-bond donors (Lipinski definition) is 3. The Bertz CT molecular complexity index is 434. The van der Waals surface area contributed by atoms with Crippen molar-refractivity contribution in [1.29, 1.82) is 0 Å². The van der Waals surface area contributed by atoms with E-state index in [1.807, 2.05) is 0 Å². The molecule has 0 spiro atoms. The maximum absolute atomic E-state index is 9.90. The molecule has 0 saturated heterocycles. The Labute approximate surface area is 217 Å². The topological polar surface area (TPSA) is 94.8 Å². The first-order chi connectivity index (χ1) is 16.8. The van der Waals surface area contributed by atoms with Crippen molar-refractivity contribution in [2.75, 3.05) is 33.3 Å². The number of quaternary nitrogens is 1. The van der Waals surface area contributed by atoms with Gasteiger partial charge in [-0.2, -0.15) is 0 Å². The molecule has 0 atom stereocenters. The highest BCUT2D eigenvalue weighted by molar-refractivity contribution is 5.67. The molecule has 0 unspecified atom stereocenters. The Balaban J connectivity index is 0. The Morgan fingerprint density at radius 2 is 0.829 bits per heavy atom. The SMILES string of the molecule is CCCCCCCCCC[N+](C)(CCO)CCCCCCCCCC.O=C(O)CCCCC(=O)O. The Hall–Kier alpha value is -1.14. The molecule has 0 fully saturated rings. The smallest absolute Gasteiger partial charge is 0.303 e. The summed E-state index contributed by atoms with van der Waals surface area (Å²) in [6.07, 6.45) is 23.3. The van der Waals surface area contributed by atoms with E-state index < -0.39 is 11.9 Å². The molecule has 0 amide bonds. The van der Waals surface area contributed by atoms with Gasteiger partial charge in [0.25, 0.3) is 0 Å². The van der Waals surface area contributed by atoms with Gasteiger partial charge in [-0.25, -0.2) is 0 Å². The number of carboxylic acid groups (broad SMARTS) is 2. The van der Waals surface area contributed by atoms with Gasteiger partial charge in [-0.3, -0.25) is 9.59 Å². The molecule has 0 aromatic rings. The second-order valence-corrected chi connectivity index (χ2v) is 10.5. The Morgan fingerprint density at radius 1 is 0.514 bits per heavy atom. The molecular weight excluding hydrogens is 442 g/mol. The number of nitrogens with zero attached hydrogens (tertiary/aromatic N) is 1. The molecule has 6 heteroatoms. The molecule has 0 aliphatic heterocycles. The predicted molar refractivity (Wildman–Crippen MR) is 147 cm³/mol. The normalized spacial score (nSPS) is 11.2. The van der Waals surface area contributed by atoms with E-state index in [-0.39, 0.29) is 12.8 Å². The first-order valence-corrected chi connectivity index (χ1v) is 14.7. The molecule has 210 valence electrons. The molecule has 35 heavy (non-hydrogen) atoms. The summed E-state index contributed by atoms with van der Waals surface area (Å²) in [4.78, 5) is 19.8. The van der Waals surface area contributed by atoms with Crippen LogP contribution in [-0.4, -0.2) is 65.0 Å². The summed E-state index contributed by atoms with van der Waals surface area (Å²) < 4.78 is 1.09. The fourth-order valence-electron chi connectivity index (χ4n) is 4.38. The van der Waals surface area contributed by atoms with Crippen LogP contribution in [-0.2, 0) is 9.59 Å². The quantitative estimate of drug-likeness (QED) is 0.0891. The van der Waals surface area contributed by atoms with Gasteiger partial charge in [0.15, 0.2) is 0 Å². The molecule has 0 aliphatic carbocycles. The van der Waals surface area contributed by atoms with Crippen molar-refractivity contribution >= 4 is 11.9 Å². The summed E-state index contributed by atoms with van der Waals surface area (Å²) in [6, 6.07) is 0. The largest absolute Gasteiger partial charge is 0.481 e. The number of aliphatic carboxylic acids is 2. The Kier molecular flexibility index (Phi) is 28.2. The second-order valence-electron chi connectivity index (χ2n) is 10.5.